The molecule has 0 saturated heterocycles. The van der Waals surface area contributed by atoms with Gasteiger partial charge in [0, 0.05) is 11.1 Å². The van der Waals surface area contributed by atoms with Crippen LogP contribution in [-0.2, 0) is 4.79 Å². The number of para-hydroxylation sites is 1. The van der Waals surface area contributed by atoms with Gasteiger partial charge in [-0.25, -0.2) is 9.78 Å². The summed E-state index contributed by atoms with van der Waals surface area (Å²) in [6.07, 6.45) is 1.87. The number of rotatable bonds is 5. The Morgan fingerprint density at radius 2 is 2.00 bits per heavy atom. The Labute approximate surface area is 181 Å². The number of fused-ring (bicyclic) bond motifs is 1. The second-order valence-electron chi connectivity index (χ2n) is 7.07. The number of halogens is 1. The smallest absolute Gasteiger partial charge is 0.321 e. The number of urea groups is 1. The van der Waals surface area contributed by atoms with Crippen molar-refractivity contribution < 1.29 is 9.59 Å². The van der Waals surface area contributed by atoms with Gasteiger partial charge in [0.2, 0.25) is 5.91 Å². The van der Waals surface area contributed by atoms with Crippen molar-refractivity contribution in [3.05, 3.63) is 63.4 Å². The fourth-order valence-corrected chi connectivity index (χ4v) is 3.98. The summed E-state index contributed by atoms with van der Waals surface area (Å²) in [6, 6.07) is 12.0. The lowest BCUT2D eigenvalue weighted by Crippen LogP contribution is -2.41. The molecule has 0 atom stereocenters. The molecule has 0 unspecified atom stereocenters. The zero-order valence-corrected chi connectivity index (χ0v) is 17.7. The van der Waals surface area contributed by atoms with E-state index in [0.717, 1.165) is 30.2 Å². The molecular weight excluding hydrogens is 424 g/mol. The molecule has 2 N–H and O–H groups in total. The van der Waals surface area contributed by atoms with Crippen LogP contribution in [0.3, 0.4) is 0 Å². The number of amides is 3. The van der Waals surface area contributed by atoms with Gasteiger partial charge in [-0.2, -0.15) is 0 Å². The highest BCUT2D eigenvalue weighted by Gasteiger charge is 2.24. The van der Waals surface area contributed by atoms with Crippen LogP contribution in [0.25, 0.3) is 16.6 Å². The summed E-state index contributed by atoms with van der Waals surface area (Å²) in [7, 11) is 0. The van der Waals surface area contributed by atoms with Crippen molar-refractivity contribution in [2.75, 3.05) is 5.75 Å². The van der Waals surface area contributed by atoms with E-state index in [1.165, 1.54) is 4.57 Å². The Morgan fingerprint density at radius 1 is 1.23 bits per heavy atom. The van der Waals surface area contributed by atoms with Crippen LogP contribution < -0.4 is 16.2 Å². The lowest BCUT2D eigenvalue weighted by atomic mass is 10.2. The number of nitrogens with one attached hydrogen (secondary N) is 2. The largest absolute Gasteiger partial charge is 0.335 e. The maximum absolute atomic E-state index is 13.3. The van der Waals surface area contributed by atoms with E-state index in [9.17, 15) is 14.4 Å². The van der Waals surface area contributed by atoms with Gasteiger partial charge in [0.1, 0.15) is 0 Å². The first-order valence-electron chi connectivity index (χ1n) is 9.44. The van der Waals surface area contributed by atoms with Gasteiger partial charge >= 0.3 is 6.03 Å². The first kappa shape index (κ1) is 20.4. The molecule has 1 aliphatic carbocycles. The van der Waals surface area contributed by atoms with Crippen molar-refractivity contribution in [2.45, 2.75) is 31.0 Å². The van der Waals surface area contributed by atoms with E-state index in [-0.39, 0.29) is 17.4 Å². The Hall–Kier alpha value is -2.84. The molecule has 0 radical (unpaired) electrons. The summed E-state index contributed by atoms with van der Waals surface area (Å²) in [5.41, 5.74) is 1.78. The number of aryl methyl sites for hydroxylation is 1. The van der Waals surface area contributed by atoms with Crippen LogP contribution in [0.1, 0.15) is 18.4 Å². The van der Waals surface area contributed by atoms with E-state index in [0.29, 0.717) is 26.8 Å². The number of thioether (sulfide) groups is 1. The first-order chi connectivity index (χ1) is 14.4. The predicted octanol–water partition coefficient (Wildman–Crippen LogP) is 3.43. The minimum atomic E-state index is -0.502. The van der Waals surface area contributed by atoms with Crippen LogP contribution in [0, 0.1) is 6.92 Å². The van der Waals surface area contributed by atoms with Gasteiger partial charge in [-0.05, 0) is 49.6 Å². The van der Waals surface area contributed by atoms with Crippen molar-refractivity contribution in [2.24, 2.45) is 0 Å². The highest BCUT2D eigenvalue weighted by Crippen LogP contribution is 2.24. The number of benzene rings is 2. The number of carbonyl (C=O) groups excluding carboxylic acids is 2. The fraction of sp³-hybridized carbons (Fsp3) is 0.238. The summed E-state index contributed by atoms with van der Waals surface area (Å²) < 4.78 is 1.49. The average Bonchev–Trinajstić information content (AvgIpc) is 3.51. The van der Waals surface area contributed by atoms with Crippen LogP contribution in [0.15, 0.2) is 52.4 Å². The molecule has 3 aromatic rings. The third kappa shape index (κ3) is 4.49. The Morgan fingerprint density at radius 3 is 2.73 bits per heavy atom. The van der Waals surface area contributed by atoms with Gasteiger partial charge in [-0.3, -0.25) is 19.5 Å². The molecule has 1 heterocycles. The fourth-order valence-electron chi connectivity index (χ4n) is 3.00. The number of hydrogen-bond acceptors (Lipinski definition) is 5. The molecule has 154 valence electrons. The molecule has 9 heteroatoms. The number of carbonyl (C=O) groups is 2. The maximum atomic E-state index is 13.3. The van der Waals surface area contributed by atoms with Crippen LogP contribution in [0.4, 0.5) is 4.79 Å². The summed E-state index contributed by atoms with van der Waals surface area (Å²) in [4.78, 5) is 41.8. The number of imide groups is 1. The molecule has 4 rings (SSSR count). The standard InChI is InChI=1S/C21H19ClN4O3S/c1-12-4-2-3-5-17(12)26-19(28)15-9-6-13(22)10-16(15)24-21(26)30-11-18(27)25-20(29)23-14-7-8-14/h2-6,9-10,14H,7-8,11H2,1H3,(H2,23,25,27,29). The molecule has 3 amide bonds. The zero-order valence-electron chi connectivity index (χ0n) is 16.1. The summed E-state index contributed by atoms with van der Waals surface area (Å²) in [5, 5.41) is 6.25. The van der Waals surface area contributed by atoms with Gasteiger partial charge in [0.15, 0.2) is 5.16 Å². The second kappa shape index (κ2) is 8.49. The molecule has 0 bridgehead atoms. The molecule has 1 aromatic heterocycles. The molecular formula is C21H19ClN4O3S. The van der Waals surface area contributed by atoms with Gasteiger partial charge in [-0.1, -0.05) is 41.6 Å². The van der Waals surface area contributed by atoms with Gasteiger partial charge in [0.05, 0.1) is 22.3 Å². The SMILES string of the molecule is Cc1ccccc1-n1c(SCC(=O)NC(=O)NC2CC2)nc2cc(Cl)ccc2c1=O. The van der Waals surface area contributed by atoms with E-state index in [4.69, 9.17) is 11.6 Å². The van der Waals surface area contributed by atoms with Crippen LogP contribution in [0.5, 0.6) is 0 Å². The van der Waals surface area contributed by atoms with Crippen molar-refractivity contribution in [1.82, 2.24) is 20.2 Å². The van der Waals surface area contributed by atoms with Gasteiger partial charge < -0.3 is 5.32 Å². The summed E-state index contributed by atoms with van der Waals surface area (Å²) in [6.45, 7) is 1.90. The molecule has 0 aliphatic heterocycles. The molecule has 1 fully saturated rings. The lowest BCUT2D eigenvalue weighted by Gasteiger charge is -2.15. The number of aromatic nitrogens is 2. The molecule has 1 saturated carbocycles. The third-order valence-electron chi connectivity index (χ3n) is 4.65. The van der Waals surface area contributed by atoms with Gasteiger partial charge in [-0.15, -0.1) is 0 Å². The number of hydrogen-bond donors (Lipinski definition) is 2. The first-order valence-corrected chi connectivity index (χ1v) is 10.8. The van der Waals surface area contributed by atoms with Gasteiger partial charge in [0.25, 0.3) is 5.56 Å². The minimum absolute atomic E-state index is 0.0670. The Balaban J connectivity index is 1.67. The Kier molecular flexibility index (Phi) is 5.78. The van der Waals surface area contributed by atoms with E-state index in [2.05, 4.69) is 15.6 Å². The van der Waals surface area contributed by atoms with Crippen LogP contribution >= 0.6 is 23.4 Å². The highest BCUT2D eigenvalue weighted by atomic mass is 35.5. The average molecular weight is 443 g/mol. The highest BCUT2D eigenvalue weighted by molar-refractivity contribution is 7.99. The lowest BCUT2D eigenvalue weighted by molar-refractivity contribution is -0.117. The summed E-state index contributed by atoms with van der Waals surface area (Å²) >= 11 is 7.16. The van der Waals surface area contributed by atoms with E-state index < -0.39 is 11.9 Å². The van der Waals surface area contributed by atoms with E-state index in [1.54, 1.807) is 18.2 Å². The second-order valence-corrected chi connectivity index (χ2v) is 8.45. The van der Waals surface area contributed by atoms with Crippen LogP contribution in [0.2, 0.25) is 5.02 Å². The van der Waals surface area contributed by atoms with Crippen molar-refractivity contribution in [3.63, 3.8) is 0 Å². The maximum Gasteiger partial charge on any atom is 0.321 e. The normalized spacial score (nSPS) is 13.3. The predicted molar refractivity (Wildman–Crippen MR) is 118 cm³/mol. The van der Waals surface area contributed by atoms with E-state index in [1.807, 2.05) is 31.2 Å². The number of nitrogens with zero attached hydrogens (tertiary/aromatic N) is 2. The molecule has 0 spiro atoms. The summed E-state index contributed by atoms with van der Waals surface area (Å²) in [5.74, 6) is -0.530. The minimum Gasteiger partial charge on any atom is -0.335 e. The quantitative estimate of drug-likeness (QED) is 0.466. The topological polar surface area (TPSA) is 93.1 Å². The van der Waals surface area contributed by atoms with E-state index >= 15 is 0 Å². The zero-order chi connectivity index (χ0) is 21.3. The molecule has 30 heavy (non-hydrogen) atoms. The van der Waals surface area contributed by atoms with Crippen molar-refractivity contribution in [3.8, 4) is 5.69 Å². The molecule has 2 aromatic carbocycles. The Bertz CT molecular complexity index is 1210. The van der Waals surface area contributed by atoms with Crippen LogP contribution in [-0.4, -0.2) is 33.3 Å². The van der Waals surface area contributed by atoms with Crippen molar-refractivity contribution >= 4 is 46.2 Å². The monoisotopic (exact) mass is 442 g/mol. The molecule has 1 aliphatic rings. The third-order valence-corrected chi connectivity index (χ3v) is 5.83. The van der Waals surface area contributed by atoms with Crippen molar-refractivity contribution in [1.29, 1.82) is 0 Å². The molecule has 7 nitrogen and oxygen atoms in total.